The molecule has 102 valence electrons. The summed E-state index contributed by atoms with van der Waals surface area (Å²) in [5.74, 6) is 0. The van der Waals surface area contributed by atoms with E-state index in [9.17, 15) is 0 Å². The van der Waals surface area contributed by atoms with Gasteiger partial charge in [0, 0.05) is 16.3 Å². The molecular weight excluding hydrogens is 246 g/mol. The van der Waals surface area contributed by atoms with Crippen molar-refractivity contribution in [3.05, 3.63) is 28.8 Å². The molecule has 0 aromatic heterocycles. The number of ether oxygens (including phenoxy) is 1. The molecule has 18 heavy (non-hydrogen) atoms. The van der Waals surface area contributed by atoms with Gasteiger partial charge in [0.05, 0.1) is 12.7 Å². The fourth-order valence-electron chi connectivity index (χ4n) is 1.87. The van der Waals surface area contributed by atoms with E-state index >= 15 is 0 Å². The lowest BCUT2D eigenvalue weighted by atomic mass is 10.1. The van der Waals surface area contributed by atoms with Crippen LogP contribution in [0.5, 0.6) is 0 Å². The Morgan fingerprint density at radius 3 is 2.78 bits per heavy atom. The molecule has 2 N–H and O–H groups in total. The molecule has 0 heterocycles. The molecular formula is C15H24ClNO. The molecule has 1 atom stereocenters. The van der Waals surface area contributed by atoms with Gasteiger partial charge in [-0.2, -0.15) is 0 Å². The molecule has 0 aliphatic rings. The normalized spacial score (nSPS) is 12.6. The van der Waals surface area contributed by atoms with E-state index in [1.54, 1.807) is 6.07 Å². The maximum atomic E-state index is 5.94. The van der Waals surface area contributed by atoms with E-state index in [0.717, 1.165) is 17.7 Å². The second-order valence-corrected chi connectivity index (χ2v) is 5.25. The van der Waals surface area contributed by atoms with Crippen LogP contribution < -0.4 is 5.73 Å². The molecule has 0 fully saturated rings. The lowest BCUT2D eigenvalue weighted by Crippen LogP contribution is -2.09. The molecule has 0 amide bonds. The van der Waals surface area contributed by atoms with Gasteiger partial charge in [-0.1, -0.05) is 44.2 Å². The van der Waals surface area contributed by atoms with Crippen molar-refractivity contribution in [1.82, 2.24) is 0 Å². The summed E-state index contributed by atoms with van der Waals surface area (Å²) >= 11 is 5.94. The summed E-state index contributed by atoms with van der Waals surface area (Å²) in [6.45, 7) is 4.88. The van der Waals surface area contributed by atoms with Gasteiger partial charge in [0.1, 0.15) is 0 Å². The molecule has 1 unspecified atom stereocenters. The van der Waals surface area contributed by atoms with Crippen molar-refractivity contribution in [2.75, 3.05) is 5.73 Å². The predicted molar refractivity (Wildman–Crippen MR) is 78.9 cm³/mol. The van der Waals surface area contributed by atoms with Gasteiger partial charge in [0.15, 0.2) is 0 Å². The molecule has 0 saturated heterocycles. The summed E-state index contributed by atoms with van der Waals surface area (Å²) in [5.41, 5.74) is 7.60. The number of hydrogen-bond acceptors (Lipinski definition) is 2. The zero-order valence-electron chi connectivity index (χ0n) is 11.4. The van der Waals surface area contributed by atoms with E-state index in [1.165, 1.54) is 25.7 Å². The molecule has 0 spiro atoms. The van der Waals surface area contributed by atoms with Crippen LogP contribution in [0.15, 0.2) is 18.2 Å². The van der Waals surface area contributed by atoms with Crippen molar-refractivity contribution in [3.8, 4) is 0 Å². The van der Waals surface area contributed by atoms with Crippen molar-refractivity contribution in [3.63, 3.8) is 0 Å². The van der Waals surface area contributed by atoms with Gasteiger partial charge in [-0.3, -0.25) is 0 Å². The van der Waals surface area contributed by atoms with E-state index in [1.807, 2.05) is 12.1 Å². The molecule has 0 aliphatic heterocycles. The Hall–Kier alpha value is -0.730. The molecule has 0 bridgehead atoms. The standard InChI is InChI=1S/C15H24ClNO/c1-3-4-5-6-7-12(2)18-11-13-10-14(16)8-9-15(13)17/h8-10,12H,3-7,11,17H2,1-2H3. The van der Waals surface area contributed by atoms with Gasteiger partial charge in [0.25, 0.3) is 0 Å². The summed E-state index contributed by atoms with van der Waals surface area (Å²) in [5, 5.41) is 0.707. The van der Waals surface area contributed by atoms with Gasteiger partial charge in [-0.25, -0.2) is 0 Å². The molecule has 0 aliphatic carbocycles. The van der Waals surface area contributed by atoms with Crippen LogP contribution in [-0.4, -0.2) is 6.10 Å². The maximum Gasteiger partial charge on any atom is 0.0741 e. The number of unbranched alkanes of at least 4 members (excludes halogenated alkanes) is 3. The average molecular weight is 270 g/mol. The Morgan fingerprint density at radius 1 is 1.28 bits per heavy atom. The van der Waals surface area contributed by atoms with Crippen LogP contribution in [0.3, 0.4) is 0 Å². The number of nitrogens with two attached hydrogens (primary N) is 1. The maximum absolute atomic E-state index is 5.94. The number of halogens is 1. The van der Waals surface area contributed by atoms with Gasteiger partial charge >= 0.3 is 0 Å². The molecule has 2 nitrogen and oxygen atoms in total. The first-order chi connectivity index (χ1) is 8.63. The smallest absolute Gasteiger partial charge is 0.0741 e. The largest absolute Gasteiger partial charge is 0.398 e. The summed E-state index contributed by atoms with van der Waals surface area (Å²) in [4.78, 5) is 0. The van der Waals surface area contributed by atoms with Gasteiger partial charge in [-0.05, 0) is 31.5 Å². The predicted octanol–water partition coefficient (Wildman–Crippen LogP) is 4.80. The number of nitrogen functional groups attached to an aromatic ring is 1. The van der Waals surface area contributed by atoms with Gasteiger partial charge in [0.2, 0.25) is 0 Å². The minimum Gasteiger partial charge on any atom is -0.398 e. The number of anilines is 1. The molecule has 0 radical (unpaired) electrons. The third kappa shape index (κ3) is 5.74. The number of hydrogen-bond donors (Lipinski definition) is 1. The van der Waals surface area contributed by atoms with Gasteiger partial charge in [-0.15, -0.1) is 0 Å². The molecule has 1 rings (SSSR count). The Labute approximate surface area is 115 Å². The first-order valence-electron chi connectivity index (χ1n) is 6.79. The Morgan fingerprint density at radius 2 is 2.06 bits per heavy atom. The number of benzene rings is 1. The zero-order valence-corrected chi connectivity index (χ0v) is 12.2. The van der Waals surface area contributed by atoms with E-state index in [0.29, 0.717) is 11.6 Å². The molecule has 0 saturated carbocycles. The summed E-state index contributed by atoms with van der Waals surface area (Å²) in [6.07, 6.45) is 6.51. The lowest BCUT2D eigenvalue weighted by molar-refractivity contribution is 0.0462. The average Bonchev–Trinajstić information content (AvgIpc) is 2.36. The van der Waals surface area contributed by atoms with E-state index in [4.69, 9.17) is 22.1 Å². The highest BCUT2D eigenvalue weighted by Gasteiger charge is 2.05. The second-order valence-electron chi connectivity index (χ2n) is 4.81. The van der Waals surface area contributed by atoms with E-state index in [-0.39, 0.29) is 6.10 Å². The van der Waals surface area contributed by atoms with Crippen molar-refractivity contribution in [2.45, 2.75) is 58.7 Å². The topological polar surface area (TPSA) is 35.2 Å². The van der Waals surface area contributed by atoms with Crippen LogP contribution >= 0.6 is 11.6 Å². The molecule has 1 aromatic rings. The van der Waals surface area contributed by atoms with E-state index < -0.39 is 0 Å². The van der Waals surface area contributed by atoms with Crippen molar-refractivity contribution in [2.24, 2.45) is 0 Å². The minimum absolute atomic E-state index is 0.278. The van der Waals surface area contributed by atoms with Crippen molar-refractivity contribution < 1.29 is 4.74 Å². The quantitative estimate of drug-likeness (QED) is 0.544. The number of rotatable bonds is 8. The monoisotopic (exact) mass is 269 g/mol. The highest BCUT2D eigenvalue weighted by atomic mass is 35.5. The molecule has 3 heteroatoms. The lowest BCUT2D eigenvalue weighted by Gasteiger charge is -2.14. The Balaban J connectivity index is 2.29. The third-order valence-electron chi connectivity index (χ3n) is 3.09. The van der Waals surface area contributed by atoms with Crippen LogP contribution in [0.4, 0.5) is 5.69 Å². The van der Waals surface area contributed by atoms with Crippen LogP contribution in [0.25, 0.3) is 0 Å². The summed E-state index contributed by atoms with van der Waals surface area (Å²) in [7, 11) is 0. The first-order valence-corrected chi connectivity index (χ1v) is 7.16. The van der Waals surface area contributed by atoms with Gasteiger partial charge < -0.3 is 10.5 Å². The van der Waals surface area contributed by atoms with Crippen LogP contribution in [0, 0.1) is 0 Å². The van der Waals surface area contributed by atoms with Crippen LogP contribution in [-0.2, 0) is 11.3 Å². The van der Waals surface area contributed by atoms with Crippen LogP contribution in [0.2, 0.25) is 5.02 Å². The van der Waals surface area contributed by atoms with Crippen molar-refractivity contribution in [1.29, 1.82) is 0 Å². The van der Waals surface area contributed by atoms with Crippen molar-refractivity contribution >= 4 is 17.3 Å². The highest BCUT2D eigenvalue weighted by molar-refractivity contribution is 6.30. The fourth-order valence-corrected chi connectivity index (χ4v) is 2.07. The minimum atomic E-state index is 0.278. The Bertz CT molecular complexity index is 354. The SMILES string of the molecule is CCCCCCC(C)OCc1cc(Cl)ccc1N. The van der Waals surface area contributed by atoms with E-state index in [2.05, 4.69) is 13.8 Å². The summed E-state index contributed by atoms with van der Waals surface area (Å²) in [6, 6.07) is 5.50. The molecule has 1 aromatic carbocycles. The fraction of sp³-hybridized carbons (Fsp3) is 0.600. The van der Waals surface area contributed by atoms with Crippen LogP contribution in [0.1, 0.15) is 51.5 Å². The highest BCUT2D eigenvalue weighted by Crippen LogP contribution is 2.19. The third-order valence-corrected chi connectivity index (χ3v) is 3.33. The second kappa shape index (κ2) is 8.39. The summed E-state index contributed by atoms with van der Waals surface area (Å²) < 4.78 is 5.81. The first kappa shape index (κ1) is 15.3. The zero-order chi connectivity index (χ0) is 13.4. The Kier molecular flexibility index (Phi) is 7.14.